The first kappa shape index (κ1) is 17.9. The van der Waals surface area contributed by atoms with E-state index in [2.05, 4.69) is 5.16 Å². The predicted octanol–water partition coefficient (Wildman–Crippen LogP) is 3.92. The van der Waals surface area contributed by atoms with Crippen molar-refractivity contribution in [2.45, 2.75) is 13.5 Å². The summed E-state index contributed by atoms with van der Waals surface area (Å²) in [4.78, 5) is 14.9. The Bertz CT molecular complexity index is 1030. The molecule has 0 saturated carbocycles. The molecule has 2 heterocycles. The lowest BCUT2D eigenvalue weighted by Gasteiger charge is -2.23. The molecule has 0 fully saturated rings. The Labute approximate surface area is 162 Å². The van der Waals surface area contributed by atoms with Crippen LogP contribution in [0, 0.1) is 0 Å². The lowest BCUT2D eigenvalue weighted by atomic mass is 10.0. The number of para-hydroxylation sites is 1. The van der Waals surface area contributed by atoms with Gasteiger partial charge in [0.1, 0.15) is 23.9 Å². The molecule has 0 aliphatic carbocycles. The third-order valence-electron chi connectivity index (χ3n) is 4.73. The van der Waals surface area contributed by atoms with Crippen LogP contribution in [0.3, 0.4) is 0 Å². The number of rotatable bonds is 5. The number of carbonyl (C=O) groups is 1. The Morgan fingerprint density at radius 1 is 1.18 bits per heavy atom. The number of hydrogen-bond donors (Lipinski definition) is 0. The number of ether oxygens (including phenoxy) is 3. The van der Waals surface area contributed by atoms with Crippen LogP contribution < -0.4 is 19.1 Å². The Kier molecular flexibility index (Phi) is 4.65. The highest BCUT2D eigenvalue weighted by Crippen LogP contribution is 2.40. The minimum atomic E-state index is -0.290. The molecule has 3 aromatic rings. The van der Waals surface area contributed by atoms with Gasteiger partial charge in [0.15, 0.2) is 11.5 Å². The largest absolute Gasteiger partial charge is 0.497 e. The van der Waals surface area contributed by atoms with Crippen molar-refractivity contribution < 1.29 is 23.5 Å². The number of anilines is 1. The van der Waals surface area contributed by atoms with Crippen molar-refractivity contribution in [2.75, 3.05) is 25.7 Å². The predicted molar refractivity (Wildman–Crippen MR) is 103 cm³/mol. The van der Waals surface area contributed by atoms with Gasteiger partial charge in [0.25, 0.3) is 5.91 Å². The molecular formula is C21H20N2O5. The maximum Gasteiger partial charge on any atom is 0.281 e. The SMILES string of the molecule is CCN(C(=O)c1noc2c1COc1ccccc1-2)c1cc(OC)ccc1OC. The maximum absolute atomic E-state index is 13.3. The van der Waals surface area contributed by atoms with E-state index in [1.54, 1.807) is 37.3 Å². The third kappa shape index (κ3) is 2.85. The molecule has 1 aliphatic rings. The lowest BCUT2D eigenvalue weighted by molar-refractivity contribution is 0.0977. The number of fused-ring (bicyclic) bond motifs is 3. The topological polar surface area (TPSA) is 74.0 Å². The van der Waals surface area contributed by atoms with E-state index >= 15 is 0 Å². The van der Waals surface area contributed by atoms with E-state index in [0.717, 1.165) is 5.56 Å². The summed E-state index contributed by atoms with van der Waals surface area (Å²) >= 11 is 0. The van der Waals surface area contributed by atoms with Crippen molar-refractivity contribution in [1.82, 2.24) is 5.16 Å². The zero-order chi connectivity index (χ0) is 19.7. The van der Waals surface area contributed by atoms with E-state index in [4.69, 9.17) is 18.7 Å². The van der Waals surface area contributed by atoms with Crippen LogP contribution in [0.1, 0.15) is 23.0 Å². The van der Waals surface area contributed by atoms with Crippen molar-refractivity contribution in [3.8, 4) is 28.6 Å². The molecule has 144 valence electrons. The fraction of sp³-hybridized carbons (Fsp3) is 0.238. The van der Waals surface area contributed by atoms with Gasteiger partial charge in [-0.05, 0) is 31.2 Å². The van der Waals surface area contributed by atoms with E-state index in [-0.39, 0.29) is 18.2 Å². The minimum Gasteiger partial charge on any atom is -0.497 e. The summed E-state index contributed by atoms with van der Waals surface area (Å²) in [7, 11) is 3.14. The average molecular weight is 380 g/mol. The molecule has 0 radical (unpaired) electrons. The summed E-state index contributed by atoms with van der Waals surface area (Å²) in [6.07, 6.45) is 0. The quantitative estimate of drug-likeness (QED) is 0.668. The molecular weight excluding hydrogens is 360 g/mol. The lowest BCUT2D eigenvalue weighted by Crippen LogP contribution is -2.32. The number of nitrogens with zero attached hydrogens (tertiary/aromatic N) is 2. The monoisotopic (exact) mass is 380 g/mol. The highest BCUT2D eigenvalue weighted by molar-refractivity contribution is 6.07. The fourth-order valence-corrected chi connectivity index (χ4v) is 3.31. The number of hydrogen-bond acceptors (Lipinski definition) is 6. The second kappa shape index (κ2) is 7.26. The second-order valence-electron chi connectivity index (χ2n) is 6.21. The van der Waals surface area contributed by atoms with Crippen molar-refractivity contribution >= 4 is 11.6 Å². The summed E-state index contributed by atoms with van der Waals surface area (Å²) in [6.45, 7) is 2.53. The van der Waals surface area contributed by atoms with Gasteiger partial charge in [0.2, 0.25) is 0 Å². The van der Waals surface area contributed by atoms with E-state index in [9.17, 15) is 4.79 Å². The third-order valence-corrected chi connectivity index (χ3v) is 4.73. The Morgan fingerprint density at radius 2 is 2.00 bits per heavy atom. The molecule has 0 spiro atoms. The fourth-order valence-electron chi connectivity index (χ4n) is 3.31. The van der Waals surface area contributed by atoms with Crippen LogP contribution in [0.2, 0.25) is 0 Å². The molecule has 0 bridgehead atoms. The maximum atomic E-state index is 13.3. The van der Waals surface area contributed by atoms with Gasteiger partial charge in [0, 0.05) is 12.6 Å². The van der Waals surface area contributed by atoms with Gasteiger partial charge in [-0.25, -0.2) is 0 Å². The van der Waals surface area contributed by atoms with Gasteiger partial charge in [-0.3, -0.25) is 4.79 Å². The smallest absolute Gasteiger partial charge is 0.281 e. The molecule has 4 rings (SSSR count). The summed E-state index contributed by atoms with van der Waals surface area (Å²) in [6, 6.07) is 12.8. The van der Waals surface area contributed by atoms with E-state index in [1.165, 1.54) is 0 Å². The molecule has 28 heavy (non-hydrogen) atoms. The van der Waals surface area contributed by atoms with E-state index in [1.807, 2.05) is 31.2 Å². The standard InChI is InChI=1S/C21H20N2O5/c1-4-23(16-11-13(25-2)9-10-18(16)26-3)21(24)19-15-12-27-17-8-6-5-7-14(17)20(15)28-22-19/h5-11H,4,12H2,1-3H3. The van der Waals surface area contributed by atoms with E-state index in [0.29, 0.717) is 40.8 Å². The molecule has 1 aliphatic heterocycles. The van der Waals surface area contributed by atoms with Crippen LogP contribution in [0.15, 0.2) is 47.0 Å². The number of benzene rings is 2. The molecule has 1 aromatic heterocycles. The van der Waals surface area contributed by atoms with Gasteiger partial charge in [-0.15, -0.1) is 0 Å². The zero-order valence-corrected chi connectivity index (χ0v) is 15.9. The molecule has 0 N–H and O–H groups in total. The first-order chi connectivity index (χ1) is 13.7. The van der Waals surface area contributed by atoms with Crippen molar-refractivity contribution in [2.24, 2.45) is 0 Å². The molecule has 7 heteroatoms. The van der Waals surface area contributed by atoms with Gasteiger partial charge in [-0.1, -0.05) is 17.3 Å². The minimum absolute atomic E-state index is 0.226. The second-order valence-corrected chi connectivity index (χ2v) is 6.21. The van der Waals surface area contributed by atoms with Crippen LogP contribution in [-0.2, 0) is 6.61 Å². The van der Waals surface area contributed by atoms with Crippen LogP contribution in [0.25, 0.3) is 11.3 Å². The summed E-state index contributed by atoms with van der Waals surface area (Å²) in [5.41, 5.74) is 2.26. The Hall–Kier alpha value is -3.48. The number of methoxy groups -OCH3 is 2. The number of amides is 1. The molecule has 0 atom stereocenters. The molecule has 0 saturated heterocycles. The number of aromatic nitrogens is 1. The number of carbonyl (C=O) groups excluding carboxylic acids is 1. The average Bonchev–Trinajstić information content (AvgIpc) is 3.18. The molecule has 2 aromatic carbocycles. The van der Waals surface area contributed by atoms with Gasteiger partial charge >= 0.3 is 0 Å². The van der Waals surface area contributed by atoms with Crippen LogP contribution in [-0.4, -0.2) is 31.8 Å². The van der Waals surface area contributed by atoms with Crippen LogP contribution >= 0.6 is 0 Å². The molecule has 1 amide bonds. The highest BCUT2D eigenvalue weighted by atomic mass is 16.5. The van der Waals surface area contributed by atoms with Gasteiger partial charge in [0.05, 0.1) is 31.0 Å². The summed E-state index contributed by atoms with van der Waals surface area (Å²) in [5.74, 6) is 2.18. The van der Waals surface area contributed by atoms with Crippen molar-refractivity contribution in [1.29, 1.82) is 0 Å². The van der Waals surface area contributed by atoms with Crippen molar-refractivity contribution in [3.05, 3.63) is 53.7 Å². The Morgan fingerprint density at radius 3 is 2.75 bits per heavy atom. The first-order valence-electron chi connectivity index (χ1n) is 8.92. The van der Waals surface area contributed by atoms with Crippen LogP contribution in [0.5, 0.6) is 17.2 Å². The van der Waals surface area contributed by atoms with Crippen LogP contribution in [0.4, 0.5) is 5.69 Å². The zero-order valence-electron chi connectivity index (χ0n) is 15.9. The summed E-state index contributed by atoms with van der Waals surface area (Å²) in [5, 5.41) is 4.07. The van der Waals surface area contributed by atoms with E-state index < -0.39 is 0 Å². The first-order valence-corrected chi connectivity index (χ1v) is 8.92. The molecule has 7 nitrogen and oxygen atoms in total. The van der Waals surface area contributed by atoms with Gasteiger partial charge in [-0.2, -0.15) is 0 Å². The Balaban J connectivity index is 1.75. The summed E-state index contributed by atoms with van der Waals surface area (Å²) < 4.78 is 22.1. The normalized spacial score (nSPS) is 11.8. The van der Waals surface area contributed by atoms with Crippen molar-refractivity contribution in [3.63, 3.8) is 0 Å². The van der Waals surface area contributed by atoms with Gasteiger partial charge < -0.3 is 23.6 Å². The molecule has 0 unspecified atom stereocenters. The highest BCUT2D eigenvalue weighted by Gasteiger charge is 2.32.